The number of methoxy groups -OCH3 is 2. The number of rotatable bonds is 6. The number of aryl methyl sites for hydroxylation is 1. The maximum atomic E-state index is 13.2. The molecule has 1 atom stereocenters. The minimum atomic E-state index is -1.02. The molecule has 1 aliphatic rings. The molecule has 9 nitrogen and oxygen atoms in total. The van der Waals surface area contributed by atoms with Crippen LogP contribution in [-0.4, -0.2) is 46.8 Å². The highest BCUT2D eigenvalue weighted by atomic mass is 32.1. The zero-order valence-corrected chi connectivity index (χ0v) is 19.7. The summed E-state index contributed by atoms with van der Waals surface area (Å²) >= 11 is 1.02. The van der Waals surface area contributed by atoms with E-state index in [0.717, 1.165) is 11.3 Å². The van der Waals surface area contributed by atoms with E-state index in [1.807, 2.05) is 0 Å². The number of aliphatic hydroxyl groups is 1. The number of Topliss-reactive ketones (excluding diaryl/α,β-unsaturated/α-hetero) is 2. The van der Waals surface area contributed by atoms with Gasteiger partial charge in [-0.1, -0.05) is 17.4 Å². The number of pyridine rings is 1. The number of thiazole rings is 1. The number of ether oxygens (including phenoxy) is 2. The lowest BCUT2D eigenvalue weighted by Gasteiger charge is -2.23. The number of aromatic nitrogens is 2. The van der Waals surface area contributed by atoms with Gasteiger partial charge >= 0.3 is 5.91 Å². The van der Waals surface area contributed by atoms with Crippen LogP contribution in [0, 0.1) is 6.92 Å². The molecule has 1 fully saturated rings. The summed E-state index contributed by atoms with van der Waals surface area (Å²) in [6, 6.07) is 7.02. The van der Waals surface area contributed by atoms with Gasteiger partial charge in [0.25, 0.3) is 5.78 Å². The molecule has 0 spiro atoms. The normalized spacial score (nSPS) is 17.2. The Bertz CT molecular complexity index is 1330. The van der Waals surface area contributed by atoms with Crippen LogP contribution in [0.4, 0.5) is 5.13 Å². The third-order valence-electron chi connectivity index (χ3n) is 5.43. The van der Waals surface area contributed by atoms with Crippen LogP contribution >= 0.6 is 11.3 Å². The molecule has 3 heterocycles. The summed E-state index contributed by atoms with van der Waals surface area (Å²) in [6.45, 7) is 3.07. The molecular formula is C24H21N3O6S. The van der Waals surface area contributed by atoms with Crippen molar-refractivity contribution in [1.29, 1.82) is 0 Å². The molecule has 1 aromatic carbocycles. The summed E-state index contributed by atoms with van der Waals surface area (Å²) in [4.78, 5) is 48.4. The maximum Gasteiger partial charge on any atom is 0.301 e. The topological polar surface area (TPSA) is 119 Å². The minimum absolute atomic E-state index is 0.111. The summed E-state index contributed by atoms with van der Waals surface area (Å²) in [5, 5.41) is 11.3. The Morgan fingerprint density at radius 2 is 1.76 bits per heavy atom. The molecule has 4 rings (SSSR count). The first-order chi connectivity index (χ1) is 16.3. The molecule has 10 heteroatoms. The van der Waals surface area contributed by atoms with E-state index in [9.17, 15) is 19.5 Å². The Kier molecular flexibility index (Phi) is 6.16. The van der Waals surface area contributed by atoms with Crippen molar-refractivity contribution in [3.05, 3.63) is 70.0 Å². The number of hydrogen-bond acceptors (Lipinski definition) is 9. The van der Waals surface area contributed by atoms with E-state index in [1.54, 1.807) is 25.1 Å². The summed E-state index contributed by atoms with van der Waals surface area (Å²) in [7, 11) is 2.97. The second-order valence-corrected chi connectivity index (χ2v) is 8.46. The Hall–Kier alpha value is -4.05. The smallest absolute Gasteiger partial charge is 0.301 e. The largest absolute Gasteiger partial charge is 0.507 e. The highest BCUT2D eigenvalue weighted by Crippen LogP contribution is 2.45. The number of ketones is 2. The molecule has 1 saturated heterocycles. The van der Waals surface area contributed by atoms with Crippen LogP contribution in [0.15, 0.2) is 48.3 Å². The van der Waals surface area contributed by atoms with E-state index in [0.29, 0.717) is 33.2 Å². The molecule has 1 aliphatic heterocycles. The standard InChI is InChI=1S/C24H21N3O6S/c1-12-22(13(2)28)34-24(26-12)27-19(15-5-6-16(32-3)17(11-15)33-4)18(21(30)23(27)31)20(29)14-7-9-25-10-8-14/h5-11,19,29H,1-4H3. The number of hydrogen-bond donors (Lipinski definition) is 1. The highest BCUT2D eigenvalue weighted by molar-refractivity contribution is 7.18. The van der Waals surface area contributed by atoms with E-state index in [1.165, 1.54) is 50.6 Å². The second kappa shape index (κ2) is 9.06. The van der Waals surface area contributed by atoms with Crippen molar-refractivity contribution in [2.45, 2.75) is 19.9 Å². The number of amides is 1. The van der Waals surface area contributed by atoms with Crippen LogP contribution in [-0.2, 0) is 9.59 Å². The molecule has 0 radical (unpaired) electrons. The van der Waals surface area contributed by atoms with Crippen LogP contribution < -0.4 is 14.4 Å². The number of carbonyl (C=O) groups excluding carboxylic acids is 3. The first-order valence-corrected chi connectivity index (χ1v) is 11.0. The SMILES string of the molecule is COc1ccc(C2C(=C(O)c3ccncc3)C(=O)C(=O)N2c2nc(C)c(C(C)=O)s2)cc1OC. The van der Waals surface area contributed by atoms with E-state index in [2.05, 4.69) is 9.97 Å². The van der Waals surface area contributed by atoms with Gasteiger partial charge in [0.1, 0.15) is 5.76 Å². The van der Waals surface area contributed by atoms with E-state index < -0.39 is 17.7 Å². The minimum Gasteiger partial charge on any atom is -0.507 e. The fraction of sp³-hybridized carbons (Fsp3) is 0.208. The lowest BCUT2D eigenvalue weighted by atomic mass is 9.95. The van der Waals surface area contributed by atoms with Crippen molar-refractivity contribution < 1.29 is 29.0 Å². The number of benzene rings is 1. The average Bonchev–Trinajstić information content (AvgIpc) is 3.35. The fourth-order valence-corrected chi connectivity index (χ4v) is 4.83. The zero-order chi connectivity index (χ0) is 24.6. The van der Waals surface area contributed by atoms with Gasteiger partial charge in [-0.25, -0.2) is 4.98 Å². The molecular weight excluding hydrogens is 458 g/mol. The van der Waals surface area contributed by atoms with E-state index in [-0.39, 0.29) is 22.2 Å². The van der Waals surface area contributed by atoms with Gasteiger partial charge in [-0.2, -0.15) is 0 Å². The monoisotopic (exact) mass is 479 g/mol. The summed E-state index contributed by atoms with van der Waals surface area (Å²) in [5.74, 6) is -1.43. The predicted octanol–water partition coefficient (Wildman–Crippen LogP) is 3.69. The van der Waals surface area contributed by atoms with Crippen molar-refractivity contribution in [3.63, 3.8) is 0 Å². The maximum absolute atomic E-state index is 13.2. The van der Waals surface area contributed by atoms with Gasteiger partial charge in [0.2, 0.25) is 0 Å². The van der Waals surface area contributed by atoms with Gasteiger partial charge in [0.05, 0.1) is 36.4 Å². The number of aliphatic hydroxyl groups excluding tert-OH is 1. The molecule has 1 unspecified atom stereocenters. The second-order valence-electron chi connectivity index (χ2n) is 7.49. The number of carbonyl (C=O) groups is 3. The molecule has 1 N–H and O–H groups in total. The highest BCUT2D eigenvalue weighted by Gasteiger charge is 2.48. The third kappa shape index (κ3) is 3.81. The van der Waals surface area contributed by atoms with E-state index in [4.69, 9.17) is 9.47 Å². The summed E-state index contributed by atoms with van der Waals surface area (Å²) in [5.41, 5.74) is 1.16. The van der Waals surface area contributed by atoms with Crippen molar-refractivity contribution in [2.75, 3.05) is 19.1 Å². The van der Waals surface area contributed by atoms with Crippen LogP contribution in [0.2, 0.25) is 0 Å². The lowest BCUT2D eigenvalue weighted by Crippen LogP contribution is -2.29. The van der Waals surface area contributed by atoms with Crippen LogP contribution in [0.5, 0.6) is 11.5 Å². The fourth-order valence-electron chi connectivity index (χ4n) is 3.85. The molecule has 2 aromatic heterocycles. The summed E-state index contributed by atoms with van der Waals surface area (Å²) in [6.07, 6.45) is 2.94. The number of nitrogens with zero attached hydrogens (tertiary/aromatic N) is 3. The number of anilines is 1. The van der Waals surface area contributed by atoms with Crippen molar-refractivity contribution in [3.8, 4) is 11.5 Å². The molecule has 0 aliphatic carbocycles. The zero-order valence-electron chi connectivity index (χ0n) is 18.9. The Balaban J connectivity index is 1.98. The molecule has 174 valence electrons. The van der Waals surface area contributed by atoms with Gasteiger partial charge < -0.3 is 14.6 Å². The van der Waals surface area contributed by atoms with Gasteiger partial charge in [-0.05, 0) is 36.8 Å². The Morgan fingerprint density at radius 3 is 2.35 bits per heavy atom. The summed E-state index contributed by atoms with van der Waals surface area (Å²) < 4.78 is 10.7. The van der Waals surface area contributed by atoms with Gasteiger partial charge in [0, 0.05) is 24.9 Å². The third-order valence-corrected chi connectivity index (χ3v) is 6.69. The molecule has 1 amide bonds. The first-order valence-electron chi connectivity index (χ1n) is 10.2. The molecule has 0 saturated carbocycles. The van der Waals surface area contributed by atoms with Crippen LogP contribution in [0.1, 0.15) is 39.5 Å². The van der Waals surface area contributed by atoms with Crippen molar-refractivity contribution in [2.24, 2.45) is 0 Å². The Labute approximate surface area is 199 Å². The van der Waals surface area contributed by atoms with Gasteiger partial charge in [-0.15, -0.1) is 0 Å². The predicted molar refractivity (Wildman–Crippen MR) is 125 cm³/mol. The lowest BCUT2D eigenvalue weighted by molar-refractivity contribution is -0.132. The first kappa shape index (κ1) is 23.1. The van der Waals surface area contributed by atoms with Crippen molar-refractivity contribution >= 4 is 39.7 Å². The molecule has 34 heavy (non-hydrogen) atoms. The quantitative estimate of drug-likeness (QED) is 0.246. The van der Waals surface area contributed by atoms with E-state index >= 15 is 0 Å². The average molecular weight is 480 g/mol. The van der Waals surface area contributed by atoms with Crippen molar-refractivity contribution in [1.82, 2.24) is 9.97 Å². The molecule has 3 aromatic rings. The van der Waals surface area contributed by atoms with Gasteiger partial charge in [-0.3, -0.25) is 24.3 Å². The van der Waals surface area contributed by atoms with Crippen LogP contribution in [0.25, 0.3) is 5.76 Å². The van der Waals surface area contributed by atoms with Gasteiger partial charge in [0.15, 0.2) is 22.4 Å². The Morgan fingerprint density at radius 1 is 1.09 bits per heavy atom. The van der Waals surface area contributed by atoms with Crippen LogP contribution in [0.3, 0.4) is 0 Å². The molecule has 0 bridgehead atoms.